The first-order valence-corrected chi connectivity index (χ1v) is 9.79. The number of amides is 1. The maximum Gasteiger partial charge on any atom is 0.242 e. The number of halogens is 1. The van der Waals surface area contributed by atoms with Gasteiger partial charge in [-0.1, -0.05) is 33.6 Å². The Kier molecular flexibility index (Phi) is 4.35. The summed E-state index contributed by atoms with van der Waals surface area (Å²) in [5, 5.41) is 0. The molecular weight excluding hydrogens is 390 g/mol. The molecule has 134 valence electrons. The van der Waals surface area contributed by atoms with Crippen molar-refractivity contribution in [2.75, 3.05) is 18.5 Å². The molecule has 2 aromatic rings. The Morgan fingerprint density at radius 2 is 2.00 bits per heavy atom. The number of rotatable bonds is 3. The van der Waals surface area contributed by atoms with Gasteiger partial charge in [-0.2, -0.15) is 0 Å². The third-order valence-electron chi connectivity index (χ3n) is 5.23. The highest BCUT2D eigenvalue weighted by molar-refractivity contribution is 9.10. The highest BCUT2D eigenvalue weighted by Gasteiger charge is 2.44. The van der Waals surface area contributed by atoms with E-state index in [1.807, 2.05) is 32.4 Å². The van der Waals surface area contributed by atoms with Crippen molar-refractivity contribution in [3.8, 4) is 0 Å². The third-order valence-corrected chi connectivity index (χ3v) is 6.13. The van der Waals surface area contributed by atoms with Gasteiger partial charge in [-0.05, 0) is 44.0 Å². The van der Waals surface area contributed by atoms with E-state index >= 15 is 0 Å². The van der Waals surface area contributed by atoms with Crippen LogP contribution in [0.15, 0.2) is 42.7 Å². The molecule has 1 amide bonds. The van der Waals surface area contributed by atoms with Crippen LogP contribution in [-0.4, -0.2) is 40.3 Å². The van der Waals surface area contributed by atoms with Gasteiger partial charge in [-0.15, -0.1) is 0 Å². The molecule has 2 aliphatic rings. The van der Waals surface area contributed by atoms with Gasteiger partial charge >= 0.3 is 0 Å². The van der Waals surface area contributed by atoms with Crippen LogP contribution in [0.3, 0.4) is 0 Å². The molecule has 0 aliphatic carbocycles. The van der Waals surface area contributed by atoms with Crippen LogP contribution in [0.2, 0.25) is 0 Å². The number of aromatic nitrogens is 1. The van der Waals surface area contributed by atoms with Gasteiger partial charge in [0, 0.05) is 48.5 Å². The molecule has 0 fully saturated rings. The van der Waals surface area contributed by atoms with Gasteiger partial charge in [0.2, 0.25) is 5.91 Å². The monoisotopic (exact) mass is 411 g/mol. The van der Waals surface area contributed by atoms with E-state index in [0.29, 0.717) is 0 Å². The van der Waals surface area contributed by atoms with E-state index in [0.717, 1.165) is 18.7 Å². The molecule has 2 atom stereocenters. The van der Waals surface area contributed by atoms with Crippen molar-refractivity contribution in [1.82, 2.24) is 9.88 Å². The maximum absolute atomic E-state index is 12.5. The minimum atomic E-state index is -0.239. The van der Waals surface area contributed by atoms with Crippen molar-refractivity contribution in [3.63, 3.8) is 0 Å². The van der Waals surface area contributed by atoms with Crippen molar-refractivity contribution in [1.29, 1.82) is 0 Å². The second-order valence-corrected chi connectivity index (χ2v) is 8.14. The standard InChI is InChI=1S/C21H22BrN3O/c1-13-4-7-18-16(10-13)17-12-24(3)21(26)19(22)20(17)25(18)9-8-15-6-5-14(2)23-11-15/h4-7,10-12,19-20H,8-9H2,1-3H3. The van der Waals surface area contributed by atoms with E-state index < -0.39 is 0 Å². The molecule has 0 N–H and O–H groups in total. The summed E-state index contributed by atoms with van der Waals surface area (Å²) in [6, 6.07) is 10.8. The van der Waals surface area contributed by atoms with Crippen LogP contribution in [0.5, 0.6) is 0 Å². The summed E-state index contributed by atoms with van der Waals surface area (Å²) in [6.07, 6.45) is 4.84. The lowest BCUT2D eigenvalue weighted by Gasteiger charge is -2.35. The van der Waals surface area contributed by atoms with Crippen molar-refractivity contribution in [3.05, 3.63) is 65.1 Å². The molecular formula is C21H22BrN3O. The Morgan fingerprint density at radius 1 is 1.19 bits per heavy atom. The number of hydrogen-bond donors (Lipinski definition) is 0. The minimum Gasteiger partial charge on any atom is -0.362 e. The summed E-state index contributed by atoms with van der Waals surface area (Å²) in [4.78, 5) is 20.8. The average Bonchev–Trinajstić information content (AvgIpc) is 2.92. The maximum atomic E-state index is 12.5. The highest BCUT2D eigenvalue weighted by atomic mass is 79.9. The lowest BCUT2D eigenvalue weighted by Crippen LogP contribution is -2.49. The van der Waals surface area contributed by atoms with Crippen LogP contribution in [-0.2, 0) is 11.2 Å². The highest BCUT2D eigenvalue weighted by Crippen LogP contribution is 2.45. The number of pyridine rings is 1. The lowest BCUT2D eigenvalue weighted by atomic mass is 9.96. The summed E-state index contributed by atoms with van der Waals surface area (Å²) in [7, 11) is 1.83. The number of carbonyl (C=O) groups is 1. The molecule has 1 aromatic carbocycles. The Balaban J connectivity index is 1.70. The van der Waals surface area contributed by atoms with Gasteiger partial charge in [0.15, 0.2) is 0 Å². The van der Waals surface area contributed by atoms with Crippen LogP contribution in [0.25, 0.3) is 5.57 Å². The minimum absolute atomic E-state index is 0.0360. The van der Waals surface area contributed by atoms with Crippen LogP contribution in [0.4, 0.5) is 5.69 Å². The van der Waals surface area contributed by atoms with Crippen molar-refractivity contribution in [2.24, 2.45) is 0 Å². The van der Waals surface area contributed by atoms with Crippen LogP contribution in [0.1, 0.15) is 22.4 Å². The second kappa shape index (κ2) is 6.54. The average molecular weight is 412 g/mol. The fraction of sp³-hybridized carbons (Fsp3) is 0.333. The van der Waals surface area contributed by atoms with E-state index in [1.165, 1.54) is 28.0 Å². The molecule has 0 saturated carbocycles. The topological polar surface area (TPSA) is 36.4 Å². The quantitative estimate of drug-likeness (QED) is 0.722. The number of benzene rings is 1. The lowest BCUT2D eigenvalue weighted by molar-refractivity contribution is -0.127. The molecule has 0 saturated heterocycles. The number of nitrogens with zero attached hydrogens (tertiary/aromatic N) is 3. The molecule has 26 heavy (non-hydrogen) atoms. The summed E-state index contributed by atoms with van der Waals surface area (Å²) >= 11 is 3.67. The Bertz CT molecular complexity index is 891. The zero-order chi connectivity index (χ0) is 18.4. The third kappa shape index (κ3) is 2.84. The van der Waals surface area contributed by atoms with Crippen LogP contribution >= 0.6 is 15.9 Å². The summed E-state index contributed by atoms with van der Waals surface area (Å²) in [5.41, 5.74) is 7.14. The van der Waals surface area contributed by atoms with Gasteiger partial charge in [0.25, 0.3) is 0 Å². The number of hydrogen-bond acceptors (Lipinski definition) is 3. The smallest absolute Gasteiger partial charge is 0.242 e. The van der Waals surface area contributed by atoms with Gasteiger partial charge in [-0.25, -0.2) is 0 Å². The summed E-state index contributed by atoms with van der Waals surface area (Å²) in [5.74, 6) is 0.102. The van der Waals surface area contributed by atoms with E-state index in [1.54, 1.807) is 4.90 Å². The van der Waals surface area contributed by atoms with Gasteiger partial charge in [-0.3, -0.25) is 9.78 Å². The number of alkyl halides is 1. The predicted molar refractivity (Wildman–Crippen MR) is 108 cm³/mol. The number of aryl methyl sites for hydroxylation is 2. The SMILES string of the molecule is Cc1ccc2c(c1)C1=CN(C)C(=O)C(Br)C1N2CCc1ccc(C)nc1. The molecule has 2 unspecified atom stereocenters. The Labute approximate surface area is 162 Å². The molecule has 2 aliphatic heterocycles. The van der Waals surface area contributed by atoms with E-state index in [2.05, 4.69) is 57.0 Å². The van der Waals surface area contributed by atoms with E-state index in [9.17, 15) is 4.79 Å². The van der Waals surface area contributed by atoms with Crippen LogP contribution in [0, 0.1) is 13.8 Å². The fourth-order valence-electron chi connectivity index (χ4n) is 3.83. The zero-order valence-electron chi connectivity index (χ0n) is 15.2. The molecule has 4 nitrogen and oxygen atoms in total. The van der Waals surface area contributed by atoms with Crippen molar-refractivity contribution in [2.45, 2.75) is 31.1 Å². The van der Waals surface area contributed by atoms with Gasteiger partial charge in [0.05, 0.1) is 6.04 Å². The zero-order valence-corrected chi connectivity index (χ0v) is 16.8. The summed E-state index contributed by atoms with van der Waals surface area (Å²) in [6.45, 7) is 4.96. The van der Waals surface area contributed by atoms with E-state index in [-0.39, 0.29) is 16.8 Å². The van der Waals surface area contributed by atoms with Gasteiger partial charge < -0.3 is 9.80 Å². The summed E-state index contributed by atoms with van der Waals surface area (Å²) < 4.78 is 0. The molecule has 5 heteroatoms. The molecule has 3 heterocycles. The number of fused-ring (bicyclic) bond motifs is 3. The van der Waals surface area contributed by atoms with Gasteiger partial charge in [0.1, 0.15) is 4.83 Å². The molecule has 0 spiro atoms. The van der Waals surface area contributed by atoms with E-state index in [4.69, 9.17) is 0 Å². The molecule has 0 bridgehead atoms. The van der Waals surface area contributed by atoms with Crippen LogP contribution < -0.4 is 4.90 Å². The normalized spacial score (nSPS) is 21.5. The second-order valence-electron chi connectivity index (χ2n) is 7.15. The van der Waals surface area contributed by atoms with Crippen molar-refractivity contribution >= 4 is 33.1 Å². The molecule has 4 rings (SSSR count). The number of anilines is 1. The predicted octanol–water partition coefficient (Wildman–Crippen LogP) is 3.71. The Hall–Kier alpha value is -2.14. The Morgan fingerprint density at radius 3 is 2.73 bits per heavy atom. The molecule has 1 aromatic heterocycles. The molecule has 0 radical (unpaired) electrons. The van der Waals surface area contributed by atoms with Crippen molar-refractivity contribution < 1.29 is 4.79 Å². The number of carbonyl (C=O) groups excluding carboxylic acids is 1. The first-order chi connectivity index (χ1) is 12.5. The first kappa shape index (κ1) is 17.3. The largest absolute Gasteiger partial charge is 0.362 e. The fourth-order valence-corrected chi connectivity index (χ4v) is 4.72. The first-order valence-electron chi connectivity index (χ1n) is 8.87.